The van der Waals surface area contributed by atoms with Gasteiger partial charge in [0, 0.05) is 33.7 Å². The van der Waals surface area contributed by atoms with Crippen molar-refractivity contribution in [2.24, 2.45) is 0 Å². The minimum atomic E-state index is 0.00282. The van der Waals surface area contributed by atoms with E-state index >= 15 is 0 Å². The lowest BCUT2D eigenvalue weighted by molar-refractivity contribution is 0.101. The summed E-state index contributed by atoms with van der Waals surface area (Å²) in [6.45, 7) is 0. The van der Waals surface area contributed by atoms with Crippen molar-refractivity contribution in [1.82, 2.24) is 4.98 Å². The van der Waals surface area contributed by atoms with Gasteiger partial charge in [0.05, 0.1) is 10.5 Å². The van der Waals surface area contributed by atoms with Crippen molar-refractivity contribution >= 4 is 61.3 Å². The molecule has 8 rings (SSSR count). The van der Waals surface area contributed by atoms with Gasteiger partial charge in [0.15, 0.2) is 11.3 Å². The predicted octanol–water partition coefficient (Wildman–Crippen LogP) is 8.36. The van der Waals surface area contributed by atoms with Crippen LogP contribution in [0, 0.1) is 0 Å². The largest absolute Gasteiger partial charge is 0.453 e. The first-order valence-corrected chi connectivity index (χ1v) is 12.1. The Morgan fingerprint density at radius 2 is 1.33 bits per heavy atom. The van der Waals surface area contributed by atoms with Crippen LogP contribution in [0.15, 0.2) is 106 Å². The Morgan fingerprint density at radius 1 is 0.694 bits per heavy atom. The SMILES string of the molecule is Clc1c2ccccc2nc2c1oc1ccccc12.O=C1c2ccccc2Cc2c1oc1ccccc21. The van der Waals surface area contributed by atoms with E-state index < -0.39 is 0 Å². The molecule has 0 N–H and O–H groups in total. The second-order valence-electron chi connectivity index (χ2n) is 8.79. The van der Waals surface area contributed by atoms with Crippen LogP contribution >= 0.6 is 11.6 Å². The van der Waals surface area contributed by atoms with Gasteiger partial charge in [-0.05, 0) is 29.8 Å². The number of fused-ring (bicyclic) bond motifs is 8. The highest BCUT2D eigenvalue weighted by Gasteiger charge is 2.28. The molecule has 1 aliphatic carbocycles. The van der Waals surface area contributed by atoms with Gasteiger partial charge in [-0.25, -0.2) is 4.98 Å². The summed E-state index contributed by atoms with van der Waals surface area (Å²) < 4.78 is 11.5. The zero-order valence-electron chi connectivity index (χ0n) is 19.0. The molecule has 0 radical (unpaired) electrons. The number of rotatable bonds is 0. The van der Waals surface area contributed by atoms with Crippen LogP contribution in [0.2, 0.25) is 5.02 Å². The van der Waals surface area contributed by atoms with Crippen molar-refractivity contribution < 1.29 is 13.6 Å². The molecule has 0 saturated heterocycles. The first kappa shape index (κ1) is 20.9. The highest BCUT2D eigenvalue weighted by molar-refractivity contribution is 6.40. The number of pyridine rings is 1. The molecule has 0 fully saturated rings. The zero-order chi connectivity index (χ0) is 24.2. The molecule has 4 nitrogen and oxygen atoms in total. The van der Waals surface area contributed by atoms with Crippen molar-refractivity contribution in [3.05, 3.63) is 125 Å². The van der Waals surface area contributed by atoms with E-state index in [1.54, 1.807) is 0 Å². The van der Waals surface area contributed by atoms with Crippen LogP contribution in [-0.2, 0) is 6.42 Å². The van der Waals surface area contributed by atoms with E-state index in [9.17, 15) is 4.79 Å². The molecule has 0 spiro atoms. The summed E-state index contributed by atoms with van der Waals surface area (Å²) in [7, 11) is 0. The molecule has 0 saturated carbocycles. The van der Waals surface area contributed by atoms with Gasteiger partial charge in [0.2, 0.25) is 5.78 Å². The maximum absolute atomic E-state index is 12.4. The number of aromatic nitrogens is 1. The molecule has 0 aliphatic heterocycles. The number of nitrogens with zero attached hydrogens (tertiary/aromatic N) is 1. The summed E-state index contributed by atoms with van der Waals surface area (Å²) in [5.41, 5.74) is 6.87. The quantitative estimate of drug-likeness (QED) is 0.215. The van der Waals surface area contributed by atoms with Crippen LogP contribution in [0.5, 0.6) is 0 Å². The van der Waals surface area contributed by atoms with Crippen molar-refractivity contribution in [2.45, 2.75) is 6.42 Å². The molecule has 36 heavy (non-hydrogen) atoms. The third-order valence-corrected chi connectivity index (χ3v) is 7.05. The molecule has 4 aromatic carbocycles. The van der Waals surface area contributed by atoms with E-state index in [-0.39, 0.29) is 5.78 Å². The van der Waals surface area contributed by atoms with E-state index in [2.05, 4.69) is 4.98 Å². The Balaban J connectivity index is 0.000000122. The average Bonchev–Trinajstić information content (AvgIpc) is 3.49. The fourth-order valence-electron chi connectivity index (χ4n) is 4.96. The van der Waals surface area contributed by atoms with Crippen molar-refractivity contribution in [1.29, 1.82) is 0 Å². The van der Waals surface area contributed by atoms with Gasteiger partial charge in [0.25, 0.3) is 0 Å². The monoisotopic (exact) mass is 487 g/mol. The Morgan fingerprint density at radius 3 is 2.17 bits per heavy atom. The number of carbonyl (C=O) groups is 1. The van der Waals surface area contributed by atoms with E-state index in [1.807, 2.05) is 97.1 Å². The Labute approximate surface area is 210 Å². The Hall–Kier alpha value is -4.41. The fraction of sp³-hybridized carbons (Fsp3) is 0.0323. The number of hydrogen-bond donors (Lipinski definition) is 0. The van der Waals surface area contributed by atoms with E-state index in [1.165, 1.54) is 0 Å². The van der Waals surface area contributed by atoms with Crippen molar-refractivity contribution in [3.63, 3.8) is 0 Å². The first-order valence-electron chi connectivity index (χ1n) is 11.7. The first-order chi connectivity index (χ1) is 17.7. The fourth-order valence-corrected chi connectivity index (χ4v) is 5.25. The maximum atomic E-state index is 12.4. The van der Waals surface area contributed by atoms with E-state index in [0.717, 1.165) is 61.5 Å². The van der Waals surface area contributed by atoms with E-state index in [4.69, 9.17) is 20.4 Å². The molecule has 7 aromatic rings. The lowest BCUT2D eigenvalue weighted by atomic mass is 9.88. The standard InChI is InChI=1S/C16H10O2.C15H8ClNO/c17-15-11-6-2-1-5-10(11)9-13-12-7-3-4-8-14(12)18-16(13)15;16-13-9-5-1-3-7-11(9)17-14-10-6-2-4-8-12(10)18-15(13)14/h1-8H,9H2;1-8H. The van der Waals surface area contributed by atoms with Crippen LogP contribution in [0.25, 0.3) is 43.9 Å². The molecule has 0 atom stereocenters. The predicted molar refractivity (Wildman–Crippen MR) is 143 cm³/mol. The van der Waals surface area contributed by atoms with Crippen molar-refractivity contribution in [2.75, 3.05) is 0 Å². The van der Waals surface area contributed by atoms with Crippen LogP contribution in [-0.4, -0.2) is 10.8 Å². The van der Waals surface area contributed by atoms with Crippen LogP contribution < -0.4 is 0 Å². The van der Waals surface area contributed by atoms with Crippen molar-refractivity contribution in [3.8, 4) is 0 Å². The van der Waals surface area contributed by atoms with Gasteiger partial charge in [-0.15, -0.1) is 0 Å². The minimum absolute atomic E-state index is 0.00282. The van der Waals surface area contributed by atoms with Crippen LogP contribution in [0.3, 0.4) is 0 Å². The smallest absolute Gasteiger partial charge is 0.228 e. The highest BCUT2D eigenvalue weighted by Crippen LogP contribution is 2.36. The molecule has 1 aliphatic rings. The molecule has 0 bridgehead atoms. The molecule has 3 heterocycles. The van der Waals surface area contributed by atoms with Gasteiger partial charge >= 0.3 is 0 Å². The van der Waals surface area contributed by atoms with Gasteiger partial charge in [-0.3, -0.25) is 4.79 Å². The third kappa shape index (κ3) is 3.15. The summed E-state index contributed by atoms with van der Waals surface area (Å²) >= 11 is 6.41. The Bertz CT molecular complexity index is 1960. The minimum Gasteiger partial charge on any atom is -0.453 e. The number of para-hydroxylation sites is 3. The third-order valence-electron chi connectivity index (χ3n) is 6.68. The number of halogens is 1. The number of furan rings is 2. The summed E-state index contributed by atoms with van der Waals surface area (Å²) in [5.74, 6) is 0.512. The molecule has 0 unspecified atom stereocenters. The molecule has 0 amide bonds. The highest BCUT2D eigenvalue weighted by atomic mass is 35.5. The maximum Gasteiger partial charge on any atom is 0.228 e. The topological polar surface area (TPSA) is 56.2 Å². The average molecular weight is 488 g/mol. The molecule has 3 aromatic heterocycles. The Kier molecular flexibility index (Phi) is 4.69. The second kappa shape index (κ2) is 8.08. The van der Waals surface area contributed by atoms with Gasteiger partial charge < -0.3 is 8.83 Å². The second-order valence-corrected chi connectivity index (χ2v) is 9.17. The lowest BCUT2D eigenvalue weighted by Crippen LogP contribution is -2.12. The molecule has 172 valence electrons. The summed E-state index contributed by atoms with van der Waals surface area (Å²) in [6, 6.07) is 31.2. The number of carbonyl (C=O) groups excluding carboxylic acids is 1. The normalized spacial score (nSPS) is 12.5. The molecular formula is C31H18ClNO3. The van der Waals surface area contributed by atoms with Gasteiger partial charge in [0.1, 0.15) is 16.7 Å². The van der Waals surface area contributed by atoms with Gasteiger partial charge in [-0.1, -0.05) is 84.4 Å². The van der Waals surface area contributed by atoms with E-state index in [0.29, 0.717) is 16.4 Å². The summed E-state index contributed by atoms with van der Waals surface area (Å²) in [4.78, 5) is 17.0. The number of benzene rings is 4. The summed E-state index contributed by atoms with van der Waals surface area (Å²) in [6.07, 6.45) is 0.772. The number of ketones is 1. The zero-order valence-corrected chi connectivity index (χ0v) is 19.8. The summed E-state index contributed by atoms with van der Waals surface area (Å²) in [5, 5.41) is 3.60. The molecular weight excluding hydrogens is 470 g/mol. The lowest BCUT2D eigenvalue weighted by Gasteiger charge is -2.13. The van der Waals surface area contributed by atoms with Gasteiger partial charge in [-0.2, -0.15) is 0 Å². The molecule has 5 heteroatoms. The van der Waals surface area contributed by atoms with Crippen LogP contribution in [0.4, 0.5) is 0 Å². The number of hydrogen-bond acceptors (Lipinski definition) is 4. The van der Waals surface area contributed by atoms with Crippen LogP contribution in [0.1, 0.15) is 27.2 Å².